The van der Waals surface area contributed by atoms with E-state index in [2.05, 4.69) is 0 Å². The first kappa shape index (κ1) is 20.4. The number of rotatable bonds is 4. The van der Waals surface area contributed by atoms with Gasteiger partial charge in [-0.05, 0) is 24.6 Å². The number of nitro benzene ring substituents is 1. The number of para-hydroxylation sites is 1. The lowest BCUT2D eigenvalue weighted by Crippen LogP contribution is -2.53. The molecule has 30 heavy (non-hydrogen) atoms. The van der Waals surface area contributed by atoms with Gasteiger partial charge < -0.3 is 14.7 Å². The van der Waals surface area contributed by atoms with Gasteiger partial charge in [-0.1, -0.05) is 18.2 Å². The van der Waals surface area contributed by atoms with Crippen LogP contribution in [0.15, 0.2) is 42.5 Å². The lowest BCUT2D eigenvalue weighted by atomic mass is 10.0. The maximum Gasteiger partial charge on any atom is 0.422 e. The molecule has 0 radical (unpaired) electrons. The van der Waals surface area contributed by atoms with E-state index in [1.165, 1.54) is 17.0 Å². The second-order valence-electron chi connectivity index (χ2n) is 7.38. The van der Waals surface area contributed by atoms with Crippen molar-refractivity contribution in [2.24, 2.45) is 0 Å². The zero-order chi connectivity index (χ0) is 21.5. The van der Waals surface area contributed by atoms with E-state index in [1.54, 1.807) is 18.2 Å². The highest BCUT2D eigenvalue weighted by Gasteiger charge is 2.45. The average Bonchev–Trinajstić information content (AvgIpc) is 3.07. The Morgan fingerprint density at radius 2 is 1.83 bits per heavy atom. The van der Waals surface area contributed by atoms with Crippen LogP contribution >= 0.6 is 0 Å². The van der Waals surface area contributed by atoms with E-state index in [4.69, 9.17) is 4.74 Å². The Morgan fingerprint density at radius 1 is 1.10 bits per heavy atom. The Balaban J connectivity index is 1.82. The standard InChI is InChI=1S/C20H20F3N3O4/c21-20(22,23)18-17(30-13-4-2-1-3-5-13)7-6-14(26(28)29)19(18)25-11-10-24-9-8-16(27)15(24)12-25/h1-7,15-16,27H,8-12H2/t15-,16+/m0/s1. The minimum Gasteiger partial charge on any atom is -0.457 e. The second kappa shape index (κ2) is 7.77. The molecule has 0 aliphatic carbocycles. The van der Waals surface area contributed by atoms with Crippen molar-refractivity contribution in [1.82, 2.24) is 4.90 Å². The number of benzene rings is 2. The summed E-state index contributed by atoms with van der Waals surface area (Å²) in [6, 6.07) is 9.62. The number of hydrogen-bond acceptors (Lipinski definition) is 6. The molecule has 1 N–H and O–H groups in total. The topological polar surface area (TPSA) is 79.1 Å². The van der Waals surface area contributed by atoms with Crippen LogP contribution in [-0.4, -0.2) is 53.3 Å². The normalized spacial score (nSPS) is 22.1. The zero-order valence-corrected chi connectivity index (χ0v) is 15.9. The van der Waals surface area contributed by atoms with E-state index >= 15 is 0 Å². The molecule has 0 saturated carbocycles. The first-order valence-corrected chi connectivity index (χ1v) is 9.54. The molecule has 2 atom stereocenters. The van der Waals surface area contributed by atoms with Crippen molar-refractivity contribution < 1.29 is 27.9 Å². The van der Waals surface area contributed by atoms with Crippen molar-refractivity contribution >= 4 is 11.4 Å². The van der Waals surface area contributed by atoms with Crippen LogP contribution in [0, 0.1) is 10.1 Å². The molecule has 0 bridgehead atoms. The smallest absolute Gasteiger partial charge is 0.422 e. The molecular formula is C20H20F3N3O4. The van der Waals surface area contributed by atoms with Crippen LogP contribution in [0.2, 0.25) is 0 Å². The monoisotopic (exact) mass is 423 g/mol. The van der Waals surface area contributed by atoms with Gasteiger partial charge in [-0.25, -0.2) is 0 Å². The van der Waals surface area contributed by atoms with E-state index in [1.807, 2.05) is 4.90 Å². The van der Waals surface area contributed by atoms with E-state index < -0.39 is 39.9 Å². The van der Waals surface area contributed by atoms with Crippen LogP contribution in [0.1, 0.15) is 12.0 Å². The molecule has 0 unspecified atom stereocenters. The predicted molar refractivity (Wildman–Crippen MR) is 103 cm³/mol. The van der Waals surface area contributed by atoms with Crippen LogP contribution in [0.4, 0.5) is 24.5 Å². The van der Waals surface area contributed by atoms with Crippen molar-refractivity contribution in [3.63, 3.8) is 0 Å². The van der Waals surface area contributed by atoms with Gasteiger partial charge in [0.2, 0.25) is 0 Å². The fourth-order valence-electron chi connectivity index (χ4n) is 4.19. The number of alkyl halides is 3. The Labute approximate surface area is 170 Å². The predicted octanol–water partition coefficient (Wildman–Crippen LogP) is 3.66. The van der Waals surface area contributed by atoms with Crippen molar-refractivity contribution in [3.05, 3.63) is 58.1 Å². The van der Waals surface area contributed by atoms with Crippen LogP contribution < -0.4 is 9.64 Å². The third kappa shape index (κ3) is 3.80. The highest BCUT2D eigenvalue weighted by atomic mass is 19.4. The molecule has 0 spiro atoms. The number of halogens is 3. The van der Waals surface area contributed by atoms with Gasteiger partial charge in [-0.2, -0.15) is 13.2 Å². The van der Waals surface area contributed by atoms with Gasteiger partial charge in [-0.3, -0.25) is 15.0 Å². The zero-order valence-electron chi connectivity index (χ0n) is 15.9. The number of nitro groups is 1. The highest BCUT2D eigenvalue weighted by molar-refractivity contribution is 5.73. The summed E-state index contributed by atoms with van der Waals surface area (Å²) in [6.45, 7) is 1.33. The minimum atomic E-state index is -4.88. The Bertz CT molecular complexity index is 939. The van der Waals surface area contributed by atoms with Crippen molar-refractivity contribution in [2.75, 3.05) is 31.1 Å². The molecule has 0 amide bonds. The van der Waals surface area contributed by atoms with Crippen LogP contribution in [0.5, 0.6) is 11.5 Å². The number of aliphatic hydroxyl groups excluding tert-OH is 1. The largest absolute Gasteiger partial charge is 0.457 e. The Hall–Kier alpha value is -2.85. The van der Waals surface area contributed by atoms with Crippen molar-refractivity contribution in [1.29, 1.82) is 0 Å². The van der Waals surface area contributed by atoms with Gasteiger partial charge in [0.05, 0.1) is 17.1 Å². The molecule has 2 fully saturated rings. The van der Waals surface area contributed by atoms with Crippen LogP contribution in [0.3, 0.4) is 0 Å². The summed E-state index contributed by atoms with van der Waals surface area (Å²) < 4.78 is 48.0. The summed E-state index contributed by atoms with van der Waals surface area (Å²) in [7, 11) is 0. The number of fused-ring (bicyclic) bond motifs is 1. The van der Waals surface area contributed by atoms with Gasteiger partial charge in [0.15, 0.2) is 0 Å². The minimum absolute atomic E-state index is 0.0693. The van der Waals surface area contributed by atoms with Gasteiger partial charge >= 0.3 is 6.18 Å². The first-order valence-electron chi connectivity index (χ1n) is 9.54. The Kier molecular flexibility index (Phi) is 5.29. The molecule has 2 aromatic rings. The van der Waals surface area contributed by atoms with Crippen molar-refractivity contribution in [2.45, 2.75) is 24.7 Å². The van der Waals surface area contributed by atoms with E-state index in [0.29, 0.717) is 19.5 Å². The number of anilines is 1. The maximum atomic E-state index is 14.2. The lowest BCUT2D eigenvalue weighted by Gasteiger charge is -2.40. The molecule has 2 heterocycles. The lowest BCUT2D eigenvalue weighted by molar-refractivity contribution is -0.384. The third-order valence-corrected chi connectivity index (χ3v) is 5.58. The number of aliphatic hydroxyl groups is 1. The number of piperazine rings is 1. The summed E-state index contributed by atoms with van der Waals surface area (Å²) in [5, 5.41) is 21.8. The molecular weight excluding hydrogens is 403 g/mol. The van der Waals surface area contributed by atoms with E-state index in [9.17, 15) is 28.4 Å². The number of hydrogen-bond donors (Lipinski definition) is 1. The summed E-state index contributed by atoms with van der Waals surface area (Å²) >= 11 is 0. The van der Waals surface area contributed by atoms with Crippen molar-refractivity contribution in [3.8, 4) is 11.5 Å². The molecule has 7 nitrogen and oxygen atoms in total. The summed E-state index contributed by atoms with van der Waals surface area (Å²) in [4.78, 5) is 14.2. The van der Waals surface area contributed by atoms with Crippen LogP contribution in [0.25, 0.3) is 0 Å². The molecule has 10 heteroatoms. The van der Waals surface area contributed by atoms with Gasteiger partial charge in [0, 0.05) is 32.2 Å². The number of nitrogens with zero attached hydrogens (tertiary/aromatic N) is 3. The summed E-state index contributed by atoms with van der Waals surface area (Å²) in [5.74, 6) is -0.303. The maximum absolute atomic E-state index is 14.2. The molecule has 4 rings (SSSR count). The molecule has 2 saturated heterocycles. The molecule has 0 aromatic heterocycles. The fraction of sp³-hybridized carbons (Fsp3) is 0.400. The molecule has 2 aliphatic rings. The van der Waals surface area contributed by atoms with Gasteiger partial charge in [0.1, 0.15) is 22.7 Å². The second-order valence-corrected chi connectivity index (χ2v) is 7.38. The SMILES string of the molecule is O=[N+]([O-])c1ccc(Oc2ccccc2)c(C(F)(F)F)c1N1CCN2CC[C@@H](O)[C@@H]2C1. The first-order chi connectivity index (χ1) is 14.3. The number of ether oxygens (including phenoxy) is 1. The third-order valence-electron chi connectivity index (χ3n) is 5.58. The van der Waals surface area contributed by atoms with Crippen LogP contribution in [-0.2, 0) is 6.18 Å². The molecule has 2 aliphatic heterocycles. The molecule has 160 valence electrons. The van der Waals surface area contributed by atoms with E-state index in [-0.39, 0.29) is 24.9 Å². The summed E-state index contributed by atoms with van der Waals surface area (Å²) in [6.07, 6.45) is -5.02. The quantitative estimate of drug-likeness (QED) is 0.597. The van der Waals surface area contributed by atoms with Gasteiger partial charge in [-0.15, -0.1) is 0 Å². The fourth-order valence-corrected chi connectivity index (χ4v) is 4.19. The van der Waals surface area contributed by atoms with E-state index in [0.717, 1.165) is 12.1 Å². The van der Waals surface area contributed by atoms with Gasteiger partial charge in [0.25, 0.3) is 5.69 Å². The highest BCUT2D eigenvalue weighted by Crippen LogP contribution is 2.48. The summed E-state index contributed by atoms with van der Waals surface area (Å²) in [5.41, 5.74) is -2.33. The average molecular weight is 423 g/mol. The Morgan fingerprint density at radius 3 is 2.50 bits per heavy atom. The molecule has 2 aromatic carbocycles.